The number of pyridine rings is 1. The van der Waals surface area contributed by atoms with Crippen LogP contribution in [-0.2, 0) is 5.33 Å². The molecule has 2 nitrogen and oxygen atoms in total. The molecule has 0 radical (unpaired) electrons. The van der Waals surface area contributed by atoms with Crippen molar-refractivity contribution in [1.29, 1.82) is 0 Å². The van der Waals surface area contributed by atoms with Crippen LogP contribution in [0, 0.1) is 0 Å². The van der Waals surface area contributed by atoms with E-state index in [9.17, 15) is 8.78 Å². The fourth-order valence-corrected chi connectivity index (χ4v) is 1.59. The minimum Gasteiger partial charge on any atom is -0.382 e. The predicted octanol–water partition coefficient (Wildman–Crippen LogP) is 3.15. The highest BCUT2D eigenvalue weighted by molar-refractivity contribution is 9.08. The Labute approximate surface area is 87.2 Å². The van der Waals surface area contributed by atoms with E-state index < -0.39 is 6.43 Å². The third-order valence-corrected chi connectivity index (χ3v) is 2.53. The molecule has 0 amide bonds. The van der Waals surface area contributed by atoms with Gasteiger partial charge >= 0.3 is 0 Å². The van der Waals surface area contributed by atoms with Crippen LogP contribution in [0.3, 0.4) is 0 Å². The molecule has 0 atom stereocenters. The first-order valence-corrected chi connectivity index (χ1v) is 4.84. The lowest BCUT2D eigenvalue weighted by atomic mass is 10.1. The monoisotopic (exact) mass is 270 g/mol. The van der Waals surface area contributed by atoms with Crippen LogP contribution in [0.15, 0.2) is 6.20 Å². The maximum atomic E-state index is 12.5. The molecular formula is C7H6BrClF2N2. The summed E-state index contributed by atoms with van der Waals surface area (Å²) in [6, 6.07) is 0. The quantitative estimate of drug-likeness (QED) is 0.839. The number of rotatable bonds is 2. The van der Waals surface area contributed by atoms with Crippen molar-refractivity contribution >= 4 is 33.3 Å². The van der Waals surface area contributed by atoms with Crippen LogP contribution in [0.4, 0.5) is 14.6 Å². The lowest BCUT2D eigenvalue weighted by Gasteiger charge is -2.09. The number of anilines is 1. The number of nitrogen functional groups attached to an aromatic ring is 1. The molecule has 0 aliphatic heterocycles. The van der Waals surface area contributed by atoms with Gasteiger partial charge in [-0.1, -0.05) is 27.5 Å². The van der Waals surface area contributed by atoms with E-state index in [1.165, 1.54) is 6.20 Å². The Kier molecular flexibility index (Phi) is 3.44. The normalized spacial score (nSPS) is 10.8. The van der Waals surface area contributed by atoms with Crippen molar-refractivity contribution in [2.75, 3.05) is 5.73 Å². The molecule has 0 saturated heterocycles. The molecule has 0 unspecified atom stereocenters. The molecule has 0 bridgehead atoms. The van der Waals surface area contributed by atoms with Crippen LogP contribution in [0.2, 0.25) is 5.02 Å². The molecule has 0 saturated carbocycles. The Morgan fingerprint density at radius 1 is 1.62 bits per heavy atom. The van der Waals surface area contributed by atoms with Crippen molar-refractivity contribution < 1.29 is 8.78 Å². The van der Waals surface area contributed by atoms with Crippen LogP contribution in [0.25, 0.3) is 0 Å². The average molecular weight is 271 g/mol. The summed E-state index contributed by atoms with van der Waals surface area (Å²) in [6.07, 6.45) is -1.34. The van der Waals surface area contributed by atoms with Gasteiger partial charge in [-0.2, -0.15) is 0 Å². The second-order valence-electron chi connectivity index (χ2n) is 2.33. The molecule has 0 fully saturated rings. The molecule has 72 valence electrons. The van der Waals surface area contributed by atoms with E-state index in [-0.39, 0.29) is 21.7 Å². The summed E-state index contributed by atoms with van der Waals surface area (Å²) in [7, 11) is 0. The topological polar surface area (TPSA) is 38.9 Å². The van der Waals surface area contributed by atoms with Crippen molar-refractivity contribution in [2.45, 2.75) is 11.8 Å². The van der Waals surface area contributed by atoms with E-state index in [1.54, 1.807) is 0 Å². The van der Waals surface area contributed by atoms with E-state index in [2.05, 4.69) is 20.9 Å². The molecule has 1 aromatic rings. The standard InChI is InChI=1S/C7H6BrClF2N2/c8-1-3-2-13-7(12)5(9)4(3)6(10)11/h2,6H,1H2,(H2,12,13). The predicted molar refractivity (Wildman–Crippen MR) is 51.2 cm³/mol. The summed E-state index contributed by atoms with van der Waals surface area (Å²) in [5.74, 6) is -0.0679. The molecule has 13 heavy (non-hydrogen) atoms. The zero-order valence-electron chi connectivity index (χ0n) is 6.40. The lowest BCUT2D eigenvalue weighted by molar-refractivity contribution is 0.150. The summed E-state index contributed by atoms with van der Waals surface area (Å²) in [5.41, 5.74) is 5.40. The molecule has 1 aromatic heterocycles. The maximum absolute atomic E-state index is 12.5. The van der Waals surface area contributed by atoms with Gasteiger partial charge in [-0.3, -0.25) is 0 Å². The fraction of sp³-hybridized carbons (Fsp3) is 0.286. The van der Waals surface area contributed by atoms with Gasteiger partial charge in [-0.15, -0.1) is 0 Å². The molecule has 6 heteroatoms. The van der Waals surface area contributed by atoms with Crippen LogP contribution in [0.5, 0.6) is 0 Å². The molecule has 1 heterocycles. The van der Waals surface area contributed by atoms with Gasteiger partial charge in [0.05, 0.1) is 5.02 Å². The Morgan fingerprint density at radius 2 is 2.23 bits per heavy atom. The van der Waals surface area contributed by atoms with E-state index in [0.29, 0.717) is 5.56 Å². The maximum Gasteiger partial charge on any atom is 0.265 e. The fourth-order valence-electron chi connectivity index (χ4n) is 0.895. The third kappa shape index (κ3) is 2.08. The Balaban J connectivity index is 3.32. The smallest absolute Gasteiger partial charge is 0.265 e. The van der Waals surface area contributed by atoms with Crippen molar-refractivity contribution in [3.05, 3.63) is 22.3 Å². The van der Waals surface area contributed by atoms with Crippen LogP contribution in [0.1, 0.15) is 17.6 Å². The highest BCUT2D eigenvalue weighted by atomic mass is 79.9. The number of halogens is 4. The van der Waals surface area contributed by atoms with E-state index in [0.717, 1.165) is 0 Å². The first kappa shape index (κ1) is 10.7. The van der Waals surface area contributed by atoms with Gasteiger partial charge in [0.25, 0.3) is 6.43 Å². The molecule has 2 N–H and O–H groups in total. The largest absolute Gasteiger partial charge is 0.382 e. The van der Waals surface area contributed by atoms with Gasteiger partial charge in [-0.25, -0.2) is 13.8 Å². The number of hydrogen-bond donors (Lipinski definition) is 1. The van der Waals surface area contributed by atoms with Crippen molar-refractivity contribution in [3.8, 4) is 0 Å². The van der Waals surface area contributed by atoms with Gasteiger partial charge in [0.1, 0.15) is 5.82 Å². The van der Waals surface area contributed by atoms with Gasteiger partial charge in [0.15, 0.2) is 0 Å². The van der Waals surface area contributed by atoms with Crippen molar-refractivity contribution in [1.82, 2.24) is 4.98 Å². The highest BCUT2D eigenvalue weighted by Gasteiger charge is 2.18. The molecule has 1 rings (SSSR count). The number of nitrogens with two attached hydrogens (primary N) is 1. The first-order chi connectivity index (χ1) is 6.07. The summed E-state index contributed by atoms with van der Waals surface area (Å²) < 4.78 is 24.9. The Bertz CT molecular complexity index is 320. The molecule has 0 aromatic carbocycles. The Morgan fingerprint density at radius 3 is 2.69 bits per heavy atom. The number of nitrogens with zero attached hydrogens (tertiary/aromatic N) is 1. The highest BCUT2D eigenvalue weighted by Crippen LogP contribution is 2.33. The third-order valence-electron chi connectivity index (χ3n) is 1.53. The zero-order chi connectivity index (χ0) is 10.0. The molecular weight excluding hydrogens is 265 g/mol. The molecule has 0 aliphatic rings. The summed E-state index contributed by atoms with van der Waals surface area (Å²) in [6.45, 7) is 0. The zero-order valence-corrected chi connectivity index (χ0v) is 8.74. The second kappa shape index (κ2) is 4.19. The summed E-state index contributed by atoms with van der Waals surface area (Å²) in [4.78, 5) is 3.68. The molecule has 0 aliphatic carbocycles. The van der Waals surface area contributed by atoms with E-state index in [1.807, 2.05) is 0 Å². The number of hydrogen-bond acceptors (Lipinski definition) is 2. The SMILES string of the molecule is Nc1ncc(CBr)c(C(F)F)c1Cl. The number of aromatic nitrogens is 1. The van der Waals surface area contributed by atoms with Crippen LogP contribution >= 0.6 is 27.5 Å². The van der Waals surface area contributed by atoms with Gasteiger partial charge in [-0.05, 0) is 5.56 Å². The first-order valence-electron chi connectivity index (χ1n) is 3.34. The van der Waals surface area contributed by atoms with Gasteiger partial charge < -0.3 is 5.73 Å². The van der Waals surface area contributed by atoms with Crippen LogP contribution in [-0.4, -0.2) is 4.98 Å². The number of alkyl halides is 3. The van der Waals surface area contributed by atoms with Crippen molar-refractivity contribution in [3.63, 3.8) is 0 Å². The average Bonchev–Trinajstić information content (AvgIpc) is 2.08. The Hall–Kier alpha value is -0.420. The second-order valence-corrected chi connectivity index (χ2v) is 3.27. The minimum atomic E-state index is -2.63. The van der Waals surface area contributed by atoms with E-state index >= 15 is 0 Å². The van der Waals surface area contributed by atoms with E-state index in [4.69, 9.17) is 17.3 Å². The summed E-state index contributed by atoms with van der Waals surface area (Å²) >= 11 is 8.65. The minimum absolute atomic E-state index is 0.0679. The molecule has 0 spiro atoms. The lowest BCUT2D eigenvalue weighted by Crippen LogP contribution is -2.00. The van der Waals surface area contributed by atoms with Gasteiger partial charge in [0, 0.05) is 17.1 Å². The summed E-state index contributed by atoms with van der Waals surface area (Å²) in [5, 5.41) is 0.117. The van der Waals surface area contributed by atoms with Crippen molar-refractivity contribution in [2.24, 2.45) is 0 Å². The van der Waals surface area contributed by atoms with Gasteiger partial charge in [0.2, 0.25) is 0 Å². The van der Waals surface area contributed by atoms with Crippen LogP contribution < -0.4 is 5.73 Å².